The number of benzene rings is 1. The number of rotatable bonds is 1. The lowest BCUT2D eigenvalue weighted by atomic mass is 10.1. The minimum atomic E-state index is -4.33. The van der Waals surface area contributed by atoms with Crippen LogP contribution in [0.2, 0.25) is 0 Å². The average Bonchev–Trinajstić information content (AvgIpc) is 2.81. The first kappa shape index (κ1) is 13.2. The number of nitrogens with zero attached hydrogens (tertiary/aromatic N) is 3. The molecule has 0 spiro atoms. The maximum absolute atomic E-state index is 12.8. The summed E-state index contributed by atoms with van der Waals surface area (Å²) in [5.74, 6) is 0.610. The quantitative estimate of drug-likeness (QED) is 0.873. The minimum absolute atomic E-state index is 0.532. The van der Waals surface area contributed by atoms with Gasteiger partial charge in [-0.25, -0.2) is 0 Å². The van der Waals surface area contributed by atoms with E-state index in [1.54, 1.807) is 0 Å². The maximum atomic E-state index is 12.8. The van der Waals surface area contributed by atoms with Gasteiger partial charge >= 0.3 is 6.18 Å². The first-order chi connectivity index (χ1) is 9.45. The molecule has 1 fully saturated rings. The molecule has 0 saturated carbocycles. The van der Waals surface area contributed by atoms with Crippen molar-refractivity contribution in [2.75, 3.05) is 38.1 Å². The van der Waals surface area contributed by atoms with Crippen LogP contribution in [0.15, 0.2) is 18.2 Å². The fourth-order valence-electron chi connectivity index (χ4n) is 2.44. The van der Waals surface area contributed by atoms with Crippen LogP contribution in [0.4, 0.5) is 19.0 Å². The Kier molecular flexibility index (Phi) is 3.08. The van der Waals surface area contributed by atoms with E-state index in [9.17, 15) is 13.2 Å². The fraction of sp³-hybridized carbons (Fsp3) is 0.462. The number of halogens is 3. The Balaban J connectivity index is 1.99. The summed E-state index contributed by atoms with van der Waals surface area (Å²) in [5.41, 5.74) is -0.00583. The Morgan fingerprint density at radius 1 is 1.15 bits per heavy atom. The summed E-state index contributed by atoms with van der Waals surface area (Å²) in [6.45, 7) is 3.31. The second-order valence-electron chi connectivity index (χ2n) is 5.10. The van der Waals surface area contributed by atoms with Gasteiger partial charge in [-0.3, -0.25) is 5.10 Å². The van der Waals surface area contributed by atoms with Gasteiger partial charge in [0.15, 0.2) is 5.82 Å². The summed E-state index contributed by atoms with van der Waals surface area (Å²) < 4.78 is 38.4. The van der Waals surface area contributed by atoms with Gasteiger partial charge in [0.1, 0.15) is 0 Å². The molecule has 0 atom stereocenters. The third-order valence-corrected chi connectivity index (χ3v) is 3.67. The Bertz CT molecular complexity index is 612. The summed E-state index contributed by atoms with van der Waals surface area (Å²) >= 11 is 0. The highest BCUT2D eigenvalue weighted by atomic mass is 19.4. The van der Waals surface area contributed by atoms with E-state index in [2.05, 4.69) is 15.1 Å². The number of H-pyrrole nitrogens is 1. The molecule has 0 bridgehead atoms. The molecule has 0 aliphatic carbocycles. The normalized spacial score (nSPS) is 17.9. The van der Waals surface area contributed by atoms with Crippen molar-refractivity contribution >= 4 is 16.7 Å². The van der Waals surface area contributed by atoms with Crippen LogP contribution in [-0.4, -0.2) is 48.3 Å². The van der Waals surface area contributed by atoms with E-state index in [1.165, 1.54) is 12.1 Å². The van der Waals surface area contributed by atoms with Crippen molar-refractivity contribution in [1.29, 1.82) is 0 Å². The summed E-state index contributed by atoms with van der Waals surface area (Å²) in [7, 11) is 2.03. The SMILES string of the molecule is CN1CCN(c2n[nH]c3ccc(C(F)(F)F)cc23)CC1. The Hall–Kier alpha value is -1.76. The van der Waals surface area contributed by atoms with Gasteiger partial charge in [-0.15, -0.1) is 0 Å². The molecular weight excluding hydrogens is 269 g/mol. The Morgan fingerprint density at radius 2 is 1.85 bits per heavy atom. The lowest BCUT2D eigenvalue weighted by molar-refractivity contribution is -0.137. The van der Waals surface area contributed by atoms with Crippen molar-refractivity contribution in [3.8, 4) is 0 Å². The lowest BCUT2D eigenvalue weighted by Crippen LogP contribution is -2.44. The minimum Gasteiger partial charge on any atom is -0.352 e. The zero-order chi connectivity index (χ0) is 14.3. The highest BCUT2D eigenvalue weighted by Crippen LogP contribution is 2.33. The standard InChI is InChI=1S/C13H15F3N4/c1-19-4-6-20(7-5-19)12-10-8-9(13(14,15)16)2-3-11(10)17-18-12/h2-3,8H,4-7H2,1H3,(H,17,18). The number of aromatic nitrogens is 2. The number of anilines is 1. The van der Waals surface area contributed by atoms with Crippen LogP contribution in [0, 0.1) is 0 Å². The van der Waals surface area contributed by atoms with Crippen LogP contribution >= 0.6 is 0 Å². The largest absolute Gasteiger partial charge is 0.416 e. The fourth-order valence-corrected chi connectivity index (χ4v) is 2.44. The van der Waals surface area contributed by atoms with Crippen molar-refractivity contribution < 1.29 is 13.2 Å². The number of nitrogens with one attached hydrogen (secondary N) is 1. The van der Waals surface area contributed by atoms with E-state index < -0.39 is 11.7 Å². The van der Waals surface area contributed by atoms with Crippen LogP contribution in [0.25, 0.3) is 10.9 Å². The number of likely N-dealkylation sites (N-methyl/N-ethyl adjacent to an activating group) is 1. The van der Waals surface area contributed by atoms with Crippen LogP contribution in [-0.2, 0) is 6.18 Å². The Labute approximate surface area is 114 Å². The van der Waals surface area contributed by atoms with Crippen molar-refractivity contribution in [1.82, 2.24) is 15.1 Å². The maximum Gasteiger partial charge on any atom is 0.416 e. The smallest absolute Gasteiger partial charge is 0.352 e. The lowest BCUT2D eigenvalue weighted by Gasteiger charge is -2.32. The number of hydrogen-bond acceptors (Lipinski definition) is 3. The van der Waals surface area contributed by atoms with Gasteiger partial charge in [0.25, 0.3) is 0 Å². The topological polar surface area (TPSA) is 35.2 Å². The summed E-state index contributed by atoms with van der Waals surface area (Å²) in [4.78, 5) is 4.21. The van der Waals surface area contributed by atoms with Gasteiger partial charge in [0, 0.05) is 31.6 Å². The summed E-state index contributed by atoms with van der Waals surface area (Å²) in [6.07, 6.45) is -4.33. The first-order valence-electron chi connectivity index (χ1n) is 6.44. The molecule has 108 valence electrons. The van der Waals surface area contributed by atoms with Crippen LogP contribution < -0.4 is 4.90 Å². The molecule has 0 amide bonds. The molecule has 1 aliphatic heterocycles. The predicted octanol–water partition coefficient (Wildman–Crippen LogP) is 2.33. The molecule has 1 aliphatic rings. The molecule has 2 aromatic rings. The molecule has 0 radical (unpaired) electrons. The van der Waals surface area contributed by atoms with Crippen molar-refractivity contribution in [3.63, 3.8) is 0 Å². The predicted molar refractivity (Wildman–Crippen MR) is 70.8 cm³/mol. The van der Waals surface area contributed by atoms with E-state index >= 15 is 0 Å². The molecule has 4 nitrogen and oxygen atoms in total. The molecular formula is C13H15F3N4. The van der Waals surface area contributed by atoms with Crippen molar-refractivity contribution in [2.24, 2.45) is 0 Å². The molecule has 2 heterocycles. The monoisotopic (exact) mass is 284 g/mol. The molecule has 1 N–H and O–H groups in total. The van der Waals surface area contributed by atoms with E-state index in [0.29, 0.717) is 16.7 Å². The van der Waals surface area contributed by atoms with Gasteiger partial charge < -0.3 is 9.80 Å². The number of alkyl halides is 3. The number of hydrogen-bond donors (Lipinski definition) is 1. The summed E-state index contributed by atoms with van der Waals surface area (Å²) in [6, 6.07) is 3.69. The van der Waals surface area contributed by atoms with Crippen LogP contribution in [0.3, 0.4) is 0 Å². The Morgan fingerprint density at radius 3 is 2.50 bits per heavy atom. The molecule has 3 rings (SSSR count). The second-order valence-corrected chi connectivity index (χ2v) is 5.10. The van der Waals surface area contributed by atoms with E-state index in [4.69, 9.17) is 0 Å². The highest BCUT2D eigenvalue weighted by Gasteiger charge is 2.31. The third kappa shape index (κ3) is 2.33. The number of aromatic amines is 1. The highest BCUT2D eigenvalue weighted by molar-refractivity contribution is 5.90. The van der Waals surface area contributed by atoms with Gasteiger partial charge in [0.2, 0.25) is 0 Å². The first-order valence-corrected chi connectivity index (χ1v) is 6.44. The van der Waals surface area contributed by atoms with Gasteiger partial charge in [-0.05, 0) is 25.2 Å². The van der Waals surface area contributed by atoms with Crippen LogP contribution in [0.5, 0.6) is 0 Å². The van der Waals surface area contributed by atoms with Gasteiger partial charge in [-0.1, -0.05) is 0 Å². The van der Waals surface area contributed by atoms with E-state index in [1.807, 2.05) is 11.9 Å². The van der Waals surface area contributed by atoms with Crippen molar-refractivity contribution in [2.45, 2.75) is 6.18 Å². The molecule has 1 saturated heterocycles. The average molecular weight is 284 g/mol. The molecule has 20 heavy (non-hydrogen) atoms. The second kappa shape index (κ2) is 4.66. The molecule has 0 unspecified atom stereocenters. The number of fused-ring (bicyclic) bond motifs is 1. The van der Waals surface area contributed by atoms with Crippen LogP contribution in [0.1, 0.15) is 5.56 Å². The molecule has 7 heteroatoms. The molecule has 1 aromatic heterocycles. The zero-order valence-electron chi connectivity index (χ0n) is 11.0. The van der Waals surface area contributed by atoms with Crippen molar-refractivity contribution in [3.05, 3.63) is 23.8 Å². The van der Waals surface area contributed by atoms with Gasteiger partial charge in [0.05, 0.1) is 11.1 Å². The van der Waals surface area contributed by atoms with Gasteiger partial charge in [-0.2, -0.15) is 18.3 Å². The zero-order valence-corrected chi connectivity index (χ0v) is 11.0. The summed E-state index contributed by atoms with van der Waals surface area (Å²) in [5, 5.41) is 7.52. The number of piperazine rings is 1. The van der Waals surface area contributed by atoms with E-state index in [-0.39, 0.29) is 0 Å². The molecule has 1 aromatic carbocycles. The third-order valence-electron chi connectivity index (χ3n) is 3.67. The van der Waals surface area contributed by atoms with E-state index in [0.717, 1.165) is 32.2 Å².